The molecule has 2 saturated carbocycles. The van der Waals surface area contributed by atoms with Gasteiger partial charge >= 0.3 is 0 Å². The van der Waals surface area contributed by atoms with E-state index in [1.807, 2.05) is 12.4 Å². The van der Waals surface area contributed by atoms with Crippen LogP contribution in [-0.4, -0.2) is 20.9 Å². The minimum atomic E-state index is 0.630. The summed E-state index contributed by atoms with van der Waals surface area (Å²) in [6, 6.07) is 0. The van der Waals surface area contributed by atoms with E-state index in [9.17, 15) is 0 Å². The summed E-state index contributed by atoms with van der Waals surface area (Å²) in [6.45, 7) is 1.02. The third kappa shape index (κ3) is 3.36. The first-order valence-corrected chi connectivity index (χ1v) is 9.47. The normalized spacial score (nSPS) is 20.3. The van der Waals surface area contributed by atoms with Gasteiger partial charge in [0.05, 0.1) is 5.69 Å². The Kier molecular flexibility index (Phi) is 4.49. The van der Waals surface area contributed by atoms with Crippen molar-refractivity contribution < 1.29 is 0 Å². The summed E-state index contributed by atoms with van der Waals surface area (Å²) < 4.78 is 2.15. The predicted octanol–water partition coefficient (Wildman–Crippen LogP) is 4.77. The molecule has 2 aromatic rings. The molecule has 2 aromatic heterocycles. The average Bonchev–Trinajstić information content (AvgIpc) is 3.26. The summed E-state index contributed by atoms with van der Waals surface area (Å²) in [7, 11) is 0. The molecule has 0 spiro atoms. The van der Waals surface area contributed by atoms with Crippen LogP contribution < -0.4 is 5.32 Å². The first kappa shape index (κ1) is 15.0. The van der Waals surface area contributed by atoms with Gasteiger partial charge in [-0.1, -0.05) is 44.9 Å². The lowest BCUT2D eigenvalue weighted by Crippen LogP contribution is -2.13. The zero-order chi connectivity index (χ0) is 15.5. The van der Waals surface area contributed by atoms with E-state index in [0.717, 1.165) is 23.9 Å². The number of nitrogens with one attached hydrogen (secondary N) is 1. The molecule has 1 N–H and O–H groups in total. The highest BCUT2D eigenvalue weighted by molar-refractivity contribution is 5.62. The molecule has 2 aliphatic rings. The number of hydrogen-bond acceptors (Lipinski definition) is 3. The van der Waals surface area contributed by atoms with Crippen LogP contribution >= 0.6 is 0 Å². The zero-order valence-corrected chi connectivity index (χ0v) is 14.0. The largest absolute Gasteiger partial charge is 0.367 e. The number of aromatic nitrogens is 3. The van der Waals surface area contributed by atoms with E-state index in [4.69, 9.17) is 4.98 Å². The van der Waals surface area contributed by atoms with Gasteiger partial charge in [0.25, 0.3) is 0 Å². The molecule has 0 saturated heterocycles. The van der Waals surface area contributed by atoms with E-state index < -0.39 is 0 Å². The van der Waals surface area contributed by atoms with E-state index in [1.165, 1.54) is 69.9 Å². The number of rotatable bonds is 5. The fraction of sp³-hybridized carbons (Fsp3) is 0.684. The molecular weight excluding hydrogens is 284 g/mol. The summed E-state index contributed by atoms with van der Waals surface area (Å²) in [6.07, 6.45) is 19.7. The summed E-state index contributed by atoms with van der Waals surface area (Å²) in [5, 5.41) is 3.59. The lowest BCUT2D eigenvalue weighted by Gasteiger charge is -2.22. The van der Waals surface area contributed by atoms with Gasteiger partial charge < -0.3 is 9.72 Å². The SMILES string of the molecule is c1cn2cc(C3CCCCC3)nc(NCCC3CCCC3)c2n1. The second kappa shape index (κ2) is 6.90. The first-order chi connectivity index (χ1) is 11.4. The Labute approximate surface area is 138 Å². The molecule has 4 heteroatoms. The highest BCUT2D eigenvalue weighted by Crippen LogP contribution is 2.33. The van der Waals surface area contributed by atoms with Gasteiger partial charge in [-0.05, 0) is 25.2 Å². The molecule has 0 aromatic carbocycles. The van der Waals surface area contributed by atoms with Crippen LogP contribution in [0.4, 0.5) is 5.82 Å². The standard InChI is InChI=1S/C19H28N4/c1-2-8-16(9-3-1)17-14-23-13-12-21-19(23)18(22-17)20-11-10-15-6-4-5-7-15/h12-16H,1-11H2,(H,20,22). The van der Waals surface area contributed by atoms with Gasteiger partial charge in [-0.15, -0.1) is 0 Å². The van der Waals surface area contributed by atoms with Crippen molar-refractivity contribution in [1.82, 2.24) is 14.4 Å². The van der Waals surface area contributed by atoms with Crippen molar-refractivity contribution in [2.45, 2.75) is 70.1 Å². The summed E-state index contributed by atoms with van der Waals surface area (Å²) >= 11 is 0. The van der Waals surface area contributed by atoms with Crippen molar-refractivity contribution in [2.75, 3.05) is 11.9 Å². The molecule has 4 rings (SSSR count). The highest BCUT2D eigenvalue weighted by atomic mass is 15.1. The molecule has 0 unspecified atom stereocenters. The number of imidazole rings is 1. The van der Waals surface area contributed by atoms with Gasteiger partial charge in [0.1, 0.15) is 0 Å². The molecule has 124 valence electrons. The fourth-order valence-corrected chi connectivity index (χ4v) is 4.36. The van der Waals surface area contributed by atoms with Crippen molar-refractivity contribution in [3.8, 4) is 0 Å². The number of nitrogens with zero attached hydrogens (tertiary/aromatic N) is 3. The molecular formula is C19H28N4. The maximum absolute atomic E-state index is 4.97. The highest BCUT2D eigenvalue weighted by Gasteiger charge is 2.19. The van der Waals surface area contributed by atoms with Crippen LogP contribution in [0.3, 0.4) is 0 Å². The molecule has 0 amide bonds. The van der Waals surface area contributed by atoms with Crippen molar-refractivity contribution in [2.24, 2.45) is 5.92 Å². The molecule has 23 heavy (non-hydrogen) atoms. The van der Waals surface area contributed by atoms with Crippen molar-refractivity contribution >= 4 is 11.5 Å². The predicted molar refractivity (Wildman–Crippen MR) is 93.9 cm³/mol. The maximum Gasteiger partial charge on any atom is 0.180 e. The van der Waals surface area contributed by atoms with Crippen LogP contribution in [0.2, 0.25) is 0 Å². The van der Waals surface area contributed by atoms with Gasteiger partial charge in [0, 0.05) is 31.1 Å². The summed E-state index contributed by atoms with van der Waals surface area (Å²) in [4.78, 5) is 9.46. The van der Waals surface area contributed by atoms with E-state index in [-0.39, 0.29) is 0 Å². The van der Waals surface area contributed by atoms with Crippen molar-refractivity contribution in [3.63, 3.8) is 0 Å². The van der Waals surface area contributed by atoms with Crippen LogP contribution in [0, 0.1) is 5.92 Å². The molecule has 0 aliphatic heterocycles. The van der Waals surface area contributed by atoms with Gasteiger partial charge in [0.2, 0.25) is 0 Å². The van der Waals surface area contributed by atoms with Crippen LogP contribution in [0.5, 0.6) is 0 Å². The number of fused-ring (bicyclic) bond motifs is 1. The fourth-order valence-electron chi connectivity index (χ4n) is 4.36. The Bertz CT molecular complexity index is 636. The van der Waals surface area contributed by atoms with Gasteiger partial charge in [-0.2, -0.15) is 0 Å². The van der Waals surface area contributed by atoms with Crippen LogP contribution in [-0.2, 0) is 0 Å². The monoisotopic (exact) mass is 312 g/mol. The molecule has 4 nitrogen and oxygen atoms in total. The lowest BCUT2D eigenvalue weighted by atomic mass is 9.87. The zero-order valence-electron chi connectivity index (χ0n) is 14.0. The Hall–Kier alpha value is -1.58. The number of anilines is 1. The topological polar surface area (TPSA) is 42.2 Å². The minimum absolute atomic E-state index is 0.630. The molecule has 0 radical (unpaired) electrons. The quantitative estimate of drug-likeness (QED) is 0.864. The molecule has 0 atom stereocenters. The van der Waals surface area contributed by atoms with E-state index in [0.29, 0.717) is 5.92 Å². The van der Waals surface area contributed by atoms with Gasteiger partial charge in [-0.25, -0.2) is 9.97 Å². The van der Waals surface area contributed by atoms with Gasteiger partial charge in [-0.3, -0.25) is 0 Å². The Morgan fingerprint density at radius 2 is 1.83 bits per heavy atom. The van der Waals surface area contributed by atoms with E-state index >= 15 is 0 Å². The van der Waals surface area contributed by atoms with Crippen molar-refractivity contribution in [3.05, 3.63) is 24.3 Å². The van der Waals surface area contributed by atoms with Crippen LogP contribution in [0.15, 0.2) is 18.6 Å². The molecule has 2 heterocycles. The third-order valence-electron chi connectivity index (χ3n) is 5.74. The minimum Gasteiger partial charge on any atom is -0.367 e. The molecule has 2 fully saturated rings. The van der Waals surface area contributed by atoms with Gasteiger partial charge in [0.15, 0.2) is 11.5 Å². The van der Waals surface area contributed by atoms with E-state index in [1.54, 1.807) is 0 Å². The summed E-state index contributed by atoms with van der Waals surface area (Å²) in [5.74, 6) is 2.53. The lowest BCUT2D eigenvalue weighted by molar-refractivity contribution is 0.435. The van der Waals surface area contributed by atoms with Crippen molar-refractivity contribution in [1.29, 1.82) is 0 Å². The van der Waals surface area contributed by atoms with Crippen LogP contribution in [0.25, 0.3) is 5.65 Å². The maximum atomic E-state index is 4.97. The smallest absolute Gasteiger partial charge is 0.180 e. The third-order valence-corrected chi connectivity index (χ3v) is 5.74. The van der Waals surface area contributed by atoms with E-state index in [2.05, 4.69) is 20.9 Å². The second-order valence-electron chi connectivity index (χ2n) is 7.37. The molecule has 0 bridgehead atoms. The molecule has 2 aliphatic carbocycles. The number of hydrogen-bond donors (Lipinski definition) is 1. The average molecular weight is 312 g/mol. The Morgan fingerprint density at radius 3 is 2.65 bits per heavy atom. The first-order valence-electron chi connectivity index (χ1n) is 9.47. The van der Waals surface area contributed by atoms with Crippen LogP contribution in [0.1, 0.15) is 75.8 Å². The summed E-state index contributed by atoms with van der Waals surface area (Å²) in [5.41, 5.74) is 2.22. The Morgan fingerprint density at radius 1 is 1.04 bits per heavy atom. The second-order valence-corrected chi connectivity index (χ2v) is 7.37. The Balaban J connectivity index is 1.50.